The summed E-state index contributed by atoms with van der Waals surface area (Å²) >= 11 is 13.1. The van der Waals surface area contributed by atoms with Gasteiger partial charge in [-0.25, -0.2) is 0 Å². The molecule has 136 valence electrons. The van der Waals surface area contributed by atoms with E-state index in [0.29, 0.717) is 31.8 Å². The van der Waals surface area contributed by atoms with Gasteiger partial charge in [-0.3, -0.25) is 10.1 Å². The molecule has 2 rings (SSSR count). The molecule has 0 aliphatic carbocycles. The van der Waals surface area contributed by atoms with Crippen LogP contribution in [0.2, 0.25) is 10.0 Å². The van der Waals surface area contributed by atoms with Crippen LogP contribution in [-0.2, 0) is 0 Å². The molecule has 0 spiro atoms. The van der Waals surface area contributed by atoms with Crippen LogP contribution in [0.5, 0.6) is 0 Å². The second kappa shape index (κ2) is 9.94. The average Bonchev–Trinajstić information content (AvgIpc) is 3.05. The van der Waals surface area contributed by atoms with Gasteiger partial charge in [-0.05, 0) is 30.5 Å². The summed E-state index contributed by atoms with van der Waals surface area (Å²) in [7, 11) is 0. The Hall–Kier alpha value is -1.37. The zero-order chi connectivity index (χ0) is 18.2. The summed E-state index contributed by atoms with van der Waals surface area (Å²) in [5, 5.41) is 16.0. The third-order valence-corrected chi connectivity index (χ3v) is 5.45. The number of nitrogens with one attached hydrogen (secondary N) is 2. The minimum atomic E-state index is -0.296. The normalized spacial score (nSPS) is 12.0. The van der Waals surface area contributed by atoms with Crippen molar-refractivity contribution in [1.29, 1.82) is 0 Å². The Labute approximate surface area is 162 Å². The quantitative estimate of drug-likeness (QED) is 0.564. The van der Waals surface area contributed by atoms with Gasteiger partial charge in [-0.1, -0.05) is 67.6 Å². The van der Waals surface area contributed by atoms with Crippen LogP contribution in [0.25, 0.3) is 0 Å². The van der Waals surface area contributed by atoms with Gasteiger partial charge in [0.05, 0.1) is 10.0 Å². The minimum Gasteiger partial charge on any atom is -0.360 e. The lowest BCUT2D eigenvalue weighted by atomic mass is 10.00. The van der Waals surface area contributed by atoms with E-state index in [1.54, 1.807) is 12.1 Å². The topological polar surface area (TPSA) is 66.9 Å². The lowest BCUT2D eigenvalue weighted by molar-refractivity contribution is 0.102. The third kappa shape index (κ3) is 6.13. The number of nitrogens with zero attached hydrogens (tertiary/aromatic N) is 2. The molecule has 0 saturated heterocycles. The van der Waals surface area contributed by atoms with Crippen LogP contribution in [0.1, 0.15) is 49.9 Å². The first kappa shape index (κ1) is 19.9. The maximum absolute atomic E-state index is 12.2. The van der Waals surface area contributed by atoms with Gasteiger partial charge >= 0.3 is 0 Å². The average molecular weight is 401 g/mol. The number of halogens is 2. The van der Waals surface area contributed by atoms with E-state index >= 15 is 0 Å². The zero-order valence-corrected chi connectivity index (χ0v) is 16.6. The first-order valence-electron chi connectivity index (χ1n) is 8.37. The van der Waals surface area contributed by atoms with Crippen molar-refractivity contribution in [3.05, 3.63) is 33.8 Å². The molecule has 0 aliphatic rings. The smallest absolute Gasteiger partial charge is 0.257 e. The van der Waals surface area contributed by atoms with Gasteiger partial charge < -0.3 is 5.32 Å². The molecule has 5 nitrogen and oxygen atoms in total. The highest BCUT2D eigenvalue weighted by Crippen LogP contribution is 2.25. The largest absolute Gasteiger partial charge is 0.360 e. The van der Waals surface area contributed by atoms with Crippen molar-refractivity contribution in [2.24, 2.45) is 5.92 Å². The molecule has 1 atom stereocenters. The summed E-state index contributed by atoms with van der Waals surface area (Å²) in [6, 6.07) is 4.73. The van der Waals surface area contributed by atoms with Gasteiger partial charge in [-0.15, -0.1) is 10.2 Å². The van der Waals surface area contributed by atoms with Crippen LogP contribution in [0, 0.1) is 5.92 Å². The Morgan fingerprint density at radius 1 is 1.20 bits per heavy atom. The van der Waals surface area contributed by atoms with Gasteiger partial charge in [0, 0.05) is 12.1 Å². The maximum Gasteiger partial charge on any atom is 0.257 e. The molecule has 8 heteroatoms. The molecule has 1 aromatic heterocycles. The molecule has 1 unspecified atom stereocenters. The predicted octanol–water partition coefficient (Wildman–Crippen LogP) is 5.73. The van der Waals surface area contributed by atoms with Gasteiger partial charge in [0.1, 0.15) is 0 Å². The number of unbranched alkanes of at least 4 members (excludes halogenated alkanes) is 1. The van der Waals surface area contributed by atoms with Crippen LogP contribution in [0.4, 0.5) is 10.3 Å². The Morgan fingerprint density at radius 2 is 1.96 bits per heavy atom. The fraction of sp³-hybridized carbons (Fsp3) is 0.471. The number of rotatable bonds is 9. The maximum atomic E-state index is 12.2. The SMILES string of the molecule is CCCCC(CC)CNc1nnc(NC(=O)c2ccc(Cl)c(Cl)c2)s1. The van der Waals surface area contributed by atoms with Crippen molar-refractivity contribution in [2.75, 3.05) is 17.2 Å². The Morgan fingerprint density at radius 3 is 2.64 bits per heavy atom. The van der Waals surface area contributed by atoms with E-state index < -0.39 is 0 Å². The molecule has 0 aliphatic heterocycles. The molecule has 1 heterocycles. The third-order valence-electron chi connectivity index (χ3n) is 3.91. The van der Waals surface area contributed by atoms with Crippen molar-refractivity contribution < 1.29 is 4.79 Å². The van der Waals surface area contributed by atoms with Crippen LogP contribution in [-0.4, -0.2) is 22.6 Å². The number of carbonyl (C=O) groups is 1. The zero-order valence-electron chi connectivity index (χ0n) is 14.3. The number of hydrogen-bond donors (Lipinski definition) is 2. The second-order valence-corrected chi connectivity index (χ2v) is 7.58. The fourth-order valence-electron chi connectivity index (χ4n) is 2.33. The molecule has 0 radical (unpaired) electrons. The van der Waals surface area contributed by atoms with Crippen molar-refractivity contribution in [3.63, 3.8) is 0 Å². The predicted molar refractivity (Wildman–Crippen MR) is 106 cm³/mol. The van der Waals surface area contributed by atoms with Crippen LogP contribution in [0.3, 0.4) is 0 Å². The Bertz CT molecular complexity index is 708. The lowest BCUT2D eigenvalue weighted by Crippen LogP contribution is -2.13. The highest BCUT2D eigenvalue weighted by molar-refractivity contribution is 7.19. The van der Waals surface area contributed by atoms with Gasteiger partial charge in [0.25, 0.3) is 5.91 Å². The van der Waals surface area contributed by atoms with Gasteiger partial charge in [0.2, 0.25) is 10.3 Å². The molecule has 1 aromatic carbocycles. The number of aromatic nitrogens is 2. The summed E-state index contributed by atoms with van der Waals surface area (Å²) < 4.78 is 0. The molecule has 1 amide bonds. The van der Waals surface area contributed by atoms with Crippen LogP contribution >= 0.6 is 34.5 Å². The van der Waals surface area contributed by atoms with E-state index in [1.165, 1.54) is 36.7 Å². The molecule has 2 aromatic rings. The summed E-state index contributed by atoms with van der Waals surface area (Å²) in [6.07, 6.45) is 4.79. The summed E-state index contributed by atoms with van der Waals surface area (Å²) in [6.45, 7) is 5.27. The standard InChI is InChI=1S/C17H22Cl2N4OS/c1-3-5-6-11(4-2)10-20-16-22-23-17(25-16)21-15(24)12-7-8-13(18)14(19)9-12/h7-9,11H,3-6,10H2,1-2H3,(H,20,22)(H,21,23,24). The van der Waals surface area contributed by atoms with E-state index in [1.807, 2.05) is 0 Å². The second-order valence-electron chi connectivity index (χ2n) is 5.79. The molecule has 0 saturated carbocycles. The Kier molecular flexibility index (Phi) is 7.93. The van der Waals surface area contributed by atoms with E-state index in [-0.39, 0.29) is 5.91 Å². The molecular formula is C17H22Cl2N4OS. The van der Waals surface area contributed by atoms with E-state index in [9.17, 15) is 4.79 Å². The van der Waals surface area contributed by atoms with Crippen molar-refractivity contribution >= 4 is 50.7 Å². The highest BCUT2D eigenvalue weighted by atomic mass is 35.5. The first-order valence-corrected chi connectivity index (χ1v) is 9.94. The summed E-state index contributed by atoms with van der Waals surface area (Å²) in [5.41, 5.74) is 0.421. The van der Waals surface area contributed by atoms with Crippen LogP contribution < -0.4 is 10.6 Å². The Balaban J connectivity index is 1.90. The molecule has 0 fully saturated rings. The number of benzene rings is 1. The van der Waals surface area contributed by atoms with E-state index in [2.05, 4.69) is 34.7 Å². The fourth-order valence-corrected chi connectivity index (χ4v) is 3.27. The molecular weight excluding hydrogens is 379 g/mol. The number of carbonyl (C=O) groups excluding carboxylic acids is 1. The molecule has 2 N–H and O–H groups in total. The number of anilines is 2. The molecule has 25 heavy (non-hydrogen) atoms. The highest BCUT2D eigenvalue weighted by Gasteiger charge is 2.12. The van der Waals surface area contributed by atoms with Gasteiger partial charge in [-0.2, -0.15) is 0 Å². The summed E-state index contributed by atoms with van der Waals surface area (Å²) in [5.74, 6) is 0.328. The molecule has 0 bridgehead atoms. The van der Waals surface area contributed by atoms with Crippen molar-refractivity contribution in [2.45, 2.75) is 39.5 Å². The van der Waals surface area contributed by atoms with Crippen LogP contribution in [0.15, 0.2) is 18.2 Å². The van der Waals surface area contributed by atoms with E-state index in [4.69, 9.17) is 23.2 Å². The van der Waals surface area contributed by atoms with E-state index in [0.717, 1.165) is 13.0 Å². The summed E-state index contributed by atoms with van der Waals surface area (Å²) in [4.78, 5) is 12.2. The first-order chi connectivity index (χ1) is 12.0. The van der Waals surface area contributed by atoms with Gasteiger partial charge in [0.15, 0.2) is 0 Å². The number of amides is 1. The number of hydrogen-bond acceptors (Lipinski definition) is 5. The lowest BCUT2D eigenvalue weighted by Gasteiger charge is -2.14. The van der Waals surface area contributed by atoms with Crippen molar-refractivity contribution in [3.8, 4) is 0 Å². The minimum absolute atomic E-state index is 0.296. The monoisotopic (exact) mass is 400 g/mol. The van der Waals surface area contributed by atoms with Crippen molar-refractivity contribution in [1.82, 2.24) is 10.2 Å².